The number of benzene rings is 2. The van der Waals surface area contributed by atoms with Gasteiger partial charge in [0.05, 0.1) is 0 Å². The Labute approximate surface area is 133 Å². The second kappa shape index (κ2) is 7.05. The highest BCUT2D eigenvalue weighted by molar-refractivity contribution is 9.10. The Morgan fingerprint density at radius 2 is 1.90 bits per heavy atom. The molecule has 2 aromatic carbocycles. The molecule has 0 saturated carbocycles. The summed E-state index contributed by atoms with van der Waals surface area (Å²) in [6.45, 7) is 4.81. The van der Waals surface area contributed by atoms with Crippen molar-refractivity contribution in [3.05, 3.63) is 58.3 Å². The number of rotatable bonds is 5. The van der Waals surface area contributed by atoms with Crippen molar-refractivity contribution in [3.8, 4) is 0 Å². The maximum atomic E-state index is 13.4. The molecular weight excluding hydrogens is 331 g/mol. The number of nitrogens with zero attached hydrogens (tertiary/aromatic N) is 1. The fraction of sp³-hybridized carbons (Fsp3) is 0.294. The van der Waals surface area contributed by atoms with Gasteiger partial charge in [-0.25, -0.2) is 4.39 Å². The highest BCUT2D eigenvalue weighted by Crippen LogP contribution is 2.30. The molecule has 0 heterocycles. The lowest BCUT2D eigenvalue weighted by Gasteiger charge is -2.24. The van der Waals surface area contributed by atoms with Crippen LogP contribution in [0.4, 0.5) is 15.8 Å². The molecule has 2 aromatic rings. The molecule has 0 aromatic heterocycles. The van der Waals surface area contributed by atoms with Crippen LogP contribution in [-0.4, -0.2) is 12.6 Å². The van der Waals surface area contributed by atoms with Gasteiger partial charge in [0.1, 0.15) is 5.82 Å². The van der Waals surface area contributed by atoms with Crippen molar-refractivity contribution in [3.63, 3.8) is 0 Å². The van der Waals surface area contributed by atoms with Crippen LogP contribution in [-0.2, 0) is 6.42 Å². The number of hydrogen-bond donors (Lipinski definition) is 1. The first-order valence-electron chi connectivity index (χ1n) is 7.08. The van der Waals surface area contributed by atoms with Gasteiger partial charge in [0.25, 0.3) is 0 Å². The van der Waals surface area contributed by atoms with E-state index in [-0.39, 0.29) is 11.9 Å². The van der Waals surface area contributed by atoms with Gasteiger partial charge in [-0.3, -0.25) is 0 Å². The SMILES string of the molecule is CCN(c1cccc(F)c1)c1ccc(CC(C)N)c(Br)c1. The summed E-state index contributed by atoms with van der Waals surface area (Å²) in [5.41, 5.74) is 8.92. The van der Waals surface area contributed by atoms with Gasteiger partial charge in [-0.15, -0.1) is 0 Å². The summed E-state index contributed by atoms with van der Waals surface area (Å²) in [6, 6.07) is 13.0. The molecule has 0 saturated heterocycles. The molecule has 2 nitrogen and oxygen atoms in total. The minimum Gasteiger partial charge on any atom is -0.342 e. The molecular formula is C17H20BrFN2. The predicted molar refractivity (Wildman–Crippen MR) is 90.6 cm³/mol. The zero-order chi connectivity index (χ0) is 15.4. The van der Waals surface area contributed by atoms with Gasteiger partial charge < -0.3 is 10.6 Å². The fourth-order valence-electron chi connectivity index (χ4n) is 2.37. The van der Waals surface area contributed by atoms with E-state index in [1.54, 1.807) is 12.1 Å². The normalized spacial score (nSPS) is 12.2. The number of hydrogen-bond acceptors (Lipinski definition) is 2. The zero-order valence-electron chi connectivity index (χ0n) is 12.3. The largest absolute Gasteiger partial charge is 0.342 e. The molecule has 2 rings (SSSR count). The van der Waals surface area contributed by atoms with Gasteiger partial charge in [0, 0.05) is 28.4 Å². The van der Waals surface area contributed by atoms with Crippen LogP contribution < -0.4 is 10.6 Å². The van der Waals surface area contributed by atoms with E-state index >= 15 is 0 Å². The maximum Gasteiger partial charge on any atom is 0.125 e. The molecule has 21 heavy (non-hydrogen) atoms. The first kappa shape index (κ1) is 16.0. The highest BCUT2D eigenvalue weighted by atomic mass is 79.9. The third-order valence-corrected chi connectivity index (χ3v) is 4.06. The summed E-state index contributed by atoms with van der Waals surface area (Å²) in [6.07, 6.45) is 0.826. The Kier molecular flexibility index (Phi) is 5.37. The van der Waals surface area contributed by atoms with Crippen molar-refractivity contribution < 1.29 is 4.39 Å². The van der Waals surface area contributed by atoms with Crippen molar-refractivity contribution in [2.24, 2.45) is 5.73 Å². The lowest BCUT2D eigenvalue weighted by atomic mass is 10.1. The molecule has 0 radical (unpaired) electrons. The smallest absolute Gasteiger partial charge is 0.125 e. The first-order valence-corrected chi connectivity index (χ1v) is 7.87. The van der Waals surface area contributed by atoms with Crippen molar-refractivity contribution in [2.75, 3.05) is 11.4 Å². The van der Waals surface area contributed by atoms with Gasteiger partial charge in [-0.1, -0.05) is 28.1 Å². The molecule has 1 unspecified atom stereocenters. The summed E-state index contributed by atoms with van der Waals surface area (Å²) in [7, 11) is 0. The number of nitrogens with two attached hydrogens (primary N) is 1. The number of halogens is 2. The van der Waals surface area contributed by atoms with E-state index in [2.05, 4.69) is 46.0 Å². The van der Waals surface area contributed by atoms with Gasteiger partial charge in [0.15, 0.2) is 0 Å². The molecule has 0 aliphatic carbocycles. The molecule has 0 aliphatic heterocycles. The third-order valence-electron chi connectivity index (χ3n) is 3.33. The van der Waals surface area contributed by atoms with Crippen LogP contribution in [0, 0.1) is 5.82 Å². The Bertz CT molecular complexity index is 613. The average molecular weight is 351 g/mol. The van der Waals surface area contributed by atoms with Crippen molar-refractivity contribution in [2.45, 2.75) is 26.3 Å². The Balaban J connectivity index is 2.33. The maximum absolute atomic E-state index is 13.4. The summed E-state index contributed by atoms with van der Waals surface area (Å²) < 4.78 is 14.5. The Hall–Kier alpha value is -1.39. The molecule has 0 fully saturated rings. The summed E-state index contributed by atoms with van der Waals surface area (Å²) in [5, 5.41) is 0. The van der Waals surface area contributed by atoms with Crippen LogP contribution in [0.5, 0.6) is 0 Å². The van der Waals surface area contributed by atoms with E-state index < -0.39 is 0 Å². The molecule has 1 atom stereocenters. The predicted octanol–water partition coefficient (Wildman–Crippen LogP) is 4.64. The van der Waals surface area contributed by atoms with Crippen LogP contribution in [0.2, 0.25) is 0 Å². The van der Waals surface area contributed by atoms with E-state index in [0.717, 1.165) is 28.8 Å². The van der Waals surface area contributed by atoms with Crippen LogP contribution in [0.1, 0.15) is 19.4 Å². The zero-order valence-corrected chi connectivity index (χ0v) is 13.9. The summed E-state index contributed by atoms with van der Waals surface area (Å²) >= 11 is 3.60. The van der Waals surface area contributed by atoms with Gasteiger partial charge in [-0.2, -0.15) is 0 Å². The molecule has 4 heteroatoms. The molecule has 112 valence electrons. The Morgan fingerprint density at radius 1 is 1.19 bits per heavy atom. The van der Waals surface area contributed by atoms with E-state index in [1.807, 2.05) is 13.0 Å². The molecule has 0 aliphatic rings. The molecule has 2 N–H and O–H groups in total. The third kappa shape index (κ3) is 4.05. The lowest BCUT2D eigenvalue weighted by Crippen LogP contribution is -2.19. The van der Waals surface area contributed by atoms with E-state index in [0.29, 0.717) is 0 Å². The van der Waals surface area contributed by atoms with E-state index in [1.165, 1.54) is 11.6 Å². The minimum absolute atomic E-state index is 0.123. The summed E-state index contributed by atoms with van der Waals surface area (Å²) in [5.74, 6) is -0.224. The van der Waals surface area contributed by atoms with Crippen molar-refractivity contribution in [1.82, 2.24) is 0 Å². The second-order valence-electron chi connectivity index (χ2n) is 5.18. The van der Waals surface area contributed by atoms with Crippen LogP contribution in [0.25, 0.3) is 0 Å². The first-order chi connectivity index (χ1) is 10.0. The van der Waals surface area contributed by atoms with E-state index in [4.69, 9.17) is 5.73 Å². The standard InChI is InChI=1S/C17H20BrFN2/c1-3-21(15-6-4-5-14(19)10-15)16-8-7-13(9-12(2)20)17(18)11-16/h4-8,10-12H,3,9,20H2,1-2H3. The van der Waals surface area contributed by atoms with Crippen molar-refractivity contribution in [1.29, 1.82) is 0 Å². The molecule has 0 spiro atoms. The topological polar surface area (TPSA) is 29.3 Å². The van der Waals surface area contributed by atoms with Crippen LogP contribution in [0.3, 0.4) is 0 Å². The average Bonchev–Trinajstić information content (AvgIpc) is 2.42. The fourth-order valence-corrected chi connectivity index (χ4v) is 2.90. The van der Waals surface area contributed by atoms with Crippen molar-refractivity contribution >= 4 is 27.3 Å². The summed E-state index contributed by atoms with van der Waals surface area (Å²) in [4.78, 5) is 2.07. The van der Waals surface area contributed by atoms with Gasteiger partial charge in [-0.05, 0) is 56.2 Å². The number of anilines is 2. The minimum atomic E-state index is -0.224. The van der Waals surface area contributed by atoms with Crippen LogP contribution in [0.15, 0.2) is 46.9 Å². The lowest BCUT2D eigenvalue weighted by molar-refractivity contribution is 0.627. The quantitative estimate of drug-likeness (QED) is 0.851. The van der Waals surface area contributed by atoms with Gasteiger partial charge in [0.2, 0.25) is 0 Å². The Morgan fingerprint density at radius 3 is 2.48 bits per heavy atom. The molecule has 0 amide bonds. The van der Waals surface area contributed by atoms with Gasteiger partial charge >= 0.3 is 0 Å². The second-order valence-corrected chi connectivity index (χ2v) is 6.04. The monoisotopic (exact) mass is 350 g/mol. The molecule has 0 bridgehead atoms. The van der Waals surface area contributed by atoms with Crippen LogP contribution >= 0.6 is 15.9 Å². The van der Waals surface area contributed by atoms with E-state index in [9.17, 15) is 4.39 Å². The highest BCUT2D eigenvalue weighted by Gasteiger charge is 2.11.